The van der Waals surface area contributed by atoms with E-state index in [0.29, 0.717) is 11.3 Å². The molecule has 0 spiro atoms. The maximum atomic E-state index is 12.9. The predicted octanol–water partition coefficient (Wildman–Crippen LogP) is 2.29. The number of carboxylic acids is 1. The Morgan fingerprint density at radius 3 is 2.30 bits per heavy atom. The van der Waals surface area contributed by atoms with Crippen LogP contribution in [0.3, 0.4) is 0 Å². The molecule has 20 heavy (non-hydrogen) atoms. The van der Waals surface area contributed by atoms with Crippen LogP contribution in [-0.4, -0.2) is 47.1 Å². The van der Waals surface area contributed by atoms with E-state index < -0.39 is 24.0 Å². The van der Waals surface area contributed by atoms with E-state index in [1.807, 2.05) is 0 Å². The van der Waals surface area contributed by atoms with Gasteiger partial charge in [-0.2, -0.15) is 22.0 Å². The molecule has 0 bridgehead atoms. The summed E-state index contributed by atoms with van der Waals surface area (Å²) in [5.74, 6) is -9.10. The van der Waals surface area contributed by atoms with Gasteiger partial charge in [0.1, 0.15) is 0 Å². The van der Waals surface area contributed by atoms with Crippen LogP contribution >= 0.6 is 0 Å². The van der Waals surface area contributed by atoms with Gasteiger partial charge >= 0.3 is 24.0 Å². The number of likely N-dealkylation sites (tertiary alicyclic amines) is 1. The first kappa shape index (κ1) is 16.6. The molecule has 1 N–H and O–H groups in total. The van der Waals surface area contributed by atoms with Gasteiger partial charge in [0.15, 0.2) is 0 Å². The predicted molar refractivity (Wildman–Crippen MR) is 57.2 cm³/mol. The molecule has 0 aromatic heterocycles. The van der Waals surface area contributed by atoms with Crippen molar-refractivity contribution in [3.05, 3.63) is 0 Å². The Morgan fingerprint density at radius 2 is 1.80 bits per heavy atom. The molecule has 1 aliphatic rings. The zero-order valence-corrected chi connectivity index (χ0v) is 10.4. The minimum atomic E-state index is -5.92. The highest BCUT2D eigenvalue weighted by molar-refractivity contribution is 5.84. The Kier molecular flexibility index (Phi) is 4.93. The minimum absolute atomic E-state index is 0.150. The van der Waals surface area contributed by atoms with Crippen LogP contribution < -0.4 is 0 Å². The van der Waals surface area contributed by atoms with E-state index in [-0.39, 0.29) is 38.3 Å². The van der Waals surface area contributed by atoms with Gasteiger partial charge in [0.05, 0.1) is 0 Å². The van der Waals surface area contributed by atoms with Gasteiger partial charge in [-0.05, 0) is 25.2 Å². The number of aliphatic carboxylic acids is 1. The third-order valence-electron chi connectivity index (χ3n) is 3.20. The number of alkyl halides is 5. The van der Waals surface area contributed by atoms with Gasteiger partial charge in [0.2, 0.25) is 0 Å². The zero-order valence-electron chi connectivity index (χ0n) is 10.4. The van der Waals surface area contributed by atoms with Crippen molar-refractivity contribution in [1.82, 2.24) is 4.90 Å². The van der Waals surface area contributed by atoms with E-state index in [0.717, 1.165) is 0 Å². The summed E-state index contributed by atoms with van der Waals surface area (Å²) in [6, 6.07) is 0. The summed E-state index contributed by atoms with van der Waals surface area (Å²) in [4.78, 5) is 22.2. The molecule has 1 amide bonds. The van der Waals surface area contributed by atoms with Crippen LogP contribution in [0.1, 0.15) is 25.7 Å². The average molecular weight is 303 g/mol. The van der Waals surface area contributed by atoms with Crippen LogP contribution in [0.5, 0.6) is 0 Å². The van der Waals surface area contributed by atoms with Crippen molar-refractivity contribution in [2.45, 2.75) is 37.8 Å². The van der Waals surface area contributed by atoms with E-state index in [1.54, 1.807) is 0 Å². The maximum Gasteiger partial charge on any atom is 0.463 e. The number of carboxylic acid groups (broad SMARTS) is 1. The monoisotopic (exact) mass is 303 g/mol. The Bertz CT molecular complexity index is 383. The normalized spacial score (nSPS) is 20.9. The van der Waals surface area contributed by atoms with Crippen molar-refractivity contribution >= 4 is 11.9 Å². The van der Waals surface area contributed by atoms with Crippen LogP contribution in [0.4, 0.5) is 22.0 Å². The lowest BCUT2D eigenvalue weighted by Crippen LogP contribution is -2.54. The van der Waals surface area contributed by atoms with Gasteiger partial charge in [0, 0.05) is 19.5 Å². The molecule has 0 radical (unpaired) electrons. The molecule has 116 valence electrons. The number of carbonyl (C=O) groups is 2. The summed E-state index contributed by atoms with van der Waals surface area (Å²) >= 11 is 0. The van der Waals surface area contributed by atoms with Gasteiger partial charge < -0.3 is 10.0 Å². The quantitative estimate of drug-likeness (QED) is 0.811. The fourth-order valence-corrected chi connectivity index (χ4v) is 2.13. The van der Waals surface area contributed by atoms with Crippen LogP contribution in [-0.2, 0) is 9.59 Å². The van der Waals surface area contributed by atoms with Crippen molar-refractivity contribution < 1.29 is 36.6 Å². The second kappa shape index (κ2) is 5.92. The van der Waals surface area contributed by atoms with Crippen LogP contribution in [0.2, 0.25) is 0 Å². The largest absolute Gasteiger partial charge is 0.481 e. The molecule has 1 atom stereocenters. The third-order valence-corrected chi connectivity index (χ3v) is 3.20. The van der Waals surface area contributed by atoms with Gasteiger partial charge in [-0.25, -0.2) is 0 Å². The van der Waals surface area contributed by atoms with E-state index in [4.69, 9.17) is 5.11 Å². The molecule has 1 heterocycles. The molecule has 1 fully saturated rings. The zero-order chi connectivity index (χ0) is 15.6. The minimum Gasteiger partial charge on any atom is -0.481 e. The van der Waals surface area contributed by atoms with Gasteiger partial charge in [-0.3, -0.25) is 9.59 Å². The molecular formula is C11H14F5NO3. The summed E-state index contributed by atoms with van der Waals surface area (Å²) in [7, 11) is 0. The first-order chi connectivity index (χ1) is 9.05. The fourth-order valence-electron chi connectivity index (χ4n) is 2.13. The van der Waals surface area contributed by atoms with Crippen molar-refractivity contribution in [1.29, 1.82) is 0 Å². The fraction of sp³-hybridized carbons (Fsp3) is 0.818. The lowest BCUT2D eigenvalue weighted by molar-refractivity contribution is -0.275. The molecule has 1 saturated heterocycles. The maximum absolute atomic E-state index is 12.9. The summed E-state index contributed by atoms with van der Waals surface area (Å²) in [5, 5.41) is 8.51. The summed E-state index contributed by atoms with van der Waals surface area (Å²) < 4.78 is 62.2. The third kappa shape index (κ3) is 3.80. The molecule has 0 aromatic carbocycles. The Hall–Kier alpha value is -1.41. The molecule has 4 nitrogen and oxygen atoms in total. The SMILES string of the molecule is O=C(O)CCC1CCCN(C(=O)C(F)(F)C(F)(F)F)C1. The van der Waals surface area contributed by atoms with Crippen LogP contribution in [0, 0.1) is 5.92 Å². The highest BCUT2D eigenvalue weighted by Gasteiger charge is 2.64. The number of nitrogens with zero attached hydrogens (tertiary/aromatic N) is 1. The van der Waals surface area contributed by atoms with Crippen molar-refractivity contribution in [2.24, 2.45) is 5.92 Å². The molecular weight excluding hydrogens is 289 g/mol. The van der Waals surface area contributed by atoms with Crippen LogP contribution in [0.15, 0.2) is 0 Å². The second-order valence-electron chi connectivity index (χ2n) is 4.76. The molecule has 0 saturated carbocycles. The molecule has 0 aliphatic carbocycles. The number of amides is 1. The average Bonchev–Trinajstić information content (AvgIpc) is 2.34. The van der Waals surface area contributed by atoms with Gasteiger partial charge in [-0.1, -0.05) is 0 Å². The standard InChI is InChI=1S/C11H14F5NO3/c12-10(13,11(14,15)16)9(20)17-5-1-2-7(6-17)3-4-8(18)19/h7H,1-6H2,(H,18,19). The lowest BCUT2D eigenvalue weighted by Gasteiger charge is -2.35. The number of hydrogen-bond donors (Lipinski definition) is 1. The summed E-state index contributed by atoms with van der Waals surface area (Å²) in [6.45, 7) is -0.439. The first-order valence-corrected chi connectivity index (χ1v) is 6.01. The smallest absolute Gasteiger partial charge is 0.463 e. The molecule has 1 unspecified atom stereocenters. The van der Waals surface area contributed by atoms with E-state index in [9.17, 15) is 31.5 Å². The first-order valence-electron chi connectivity index (χ1n) is 6.01. The highest BCUT2D eigenvalue weighted by Crippen LogP contribution is 2.37. The van der Waals surface area contributed by atoms with E-state index in [2.05, 4.69) is 0 Å². The van der Waals surface area contributed by atoms with E-state index in [1.165, 1.54) is 0 Å². The van der Waals surface area contributed by atoms with Crippen molar-refractivity contribution in [2.75, 3.05) is 13.1 Å². The van der Waals surface area contributed by atoms with E-state index >= 15 is 0 Å². The molecule has 1 rings (SSSR count). The summed E-state index contributed by atoms with van der Waals surface area (Å²) in [5.41, 5.74) is 0. The van der Waals surface area contributed by atoms with Crippen molar-refractivity contribution in [3.8, 4) is 0 Å². The molecule has 1 aliphatic heterocycles. The van der Waals surface area contributed by atoms with Crippen molar-refractivity contribution in [3.63, 3.8) is 0 Å². The number of piperidine rings is 1. The van der Waals surface area contributed by atoms with Crippen LogP contribution in [0.25, 0.3) is 0 Å². The Labute approximate surface area is 111 Å². The molecule has 9 heteroatoms. The topological polar surface area (TPSA) is 57.6 Å². The highest BCUT2D eigenvalue weighted by atomic mass is 19.4. The Morgan fingerprint density at radius 1 is 1.20 bits per heavy atom. The number of halogens is 5. The number of carbonyl (C=O) groups excluding carboxylic acids is 1. The summed E-state index contributed by atoms with van der Waals surface area (Å²) in [6.07, 6.45) is -5.18. The second-order valence-corrected chi connectivity index (χ2v) is 4.76. The number of hydrogen-bond acceptors (Lipinski definition) is 2. The Balaban J connectivity index is 2.67. The molecule has 0 aromatic rings. The van der Waals surface area contributed by atoms with Gasteiger partial charge in [0.25, 0.3) is 0 Å². The van der Waals surface area contributed by atoms with Gasteiger partial charge in [-0.15, -0.1) is 0 Å². The number of rotatable bonds is 4. The lowest BCUT2D eigenvalue weighted by atomic mass is 9.93.